The van der Waals surface area contributed by atoms with Gasteiger partial charge in [-0.2, -0.15) is 4.98 Å². The summed E-state index contributed by atoms with van der Waals surface area (Å²) in [6.45, 7) is 0.874. The molecule has 0 radical (unpaired) electrons. The molecular weight excluding hydrogens is 324 g/mol. The molecular formula is C16H26N6O3. The Morgan fingerprint density at radius 1 is 1.24 bits per heavy atom. The molecule has 1 aromatic heterocycles. The van der Waals surface area contributed by atoms with Crippen molar-refractivity contribution in [1.82, 2.24) is 14.9 Å². The SMILES string of the molecule is COC(=O)C[C@H](N)C(=O)N1CCc2c(nc(N(C)C)nc2N(C)C)C1. The van der Waals surface area contributed by atoms with Gasteiger partial charge in [0.25, 0.3) is 0 Å². The van der Waals surface area contributed by atoms with Crippen LogP contribution in [-0.4, -0.2) is 74.6 Å². The first kappa shape index (κ1) is 18.9. The van der Waals surface area contributed by atoms with Crippen LogP contribution in [0.15, 0.2) is 0 Å². The Labute approximate surface area is 147 Å². The first-order valence-corrected chi connectivity index (χ1v) is 8.10. The number of nitrogens with two attached hydrogens (primary N) is 1. The molecule has 2 N–H and O–H groups in total. The number of esters is 1. The van der Waals surface area contributed by atoms with E-state index in [4.69, 9.17) is 5.73 Å². The molecule has 0 aromatic carbocycles. The van der Waals surface area contributed by atoms with E-state index in [9.17, 15) is 9.59 Å². The highest BCUT2D eigenvalue weighted by Crippen LogP contribution is 2.27. The van der Waals surface area contributed by atoms with E-state index in [0.29, 0.717) is 25.5 Å². The van der Waals surface area contributed by atoms with Crippen molar-refractivity contribution < 1.29 is 14.3 Å². The van der Waals surface area contributed by atoms with Gasteiger partial charge in [-0.15, -0.1) is 0 Å². The average molecular weight is 350 g/mol. The van der Waals surface area contributed by atoms with Gasteiger partial charge in [-0.25, -0.2) is 4.98 Å². The van der Waals surface area contributed by atoms with Gasteiger partial charge in [0.2, 0.25) is 11.9 Å². The third-order valence-electron chi connectivity index (χ3n) is 4.10. The Bertz CT molecular complexity index is 662. The first-order chi connectivity index (χ1) is 11.7. The number of hydrogen-bond acceptors (Lipinski definition) is 8. The lowest BCUT2D eigenvalue weighted by Gasteiger charge is -2.32. The summed E-state index contributed by atoms with van der Waals surface area (Å²) < 4.78 is 4.58. The lowest BCUT2D eigenvalue weighted by Crippen LogP contribution is -2.47. The smallest absolute Gasteiger partial charge is 0.307 e. The second-order valence-electron chi connectivity index (χ2n) is 6.46. The zero-order valence-electron chi connectivity index (χ0n) is 15.4. The number of carbonyl (C=O) groups excluding carboxylic acids is 2. The molecule has 0 bridgehead atoms. The Kier molecular flexibility index (Phi) is 5.78. The maximum Gasteiger partial charge on any atom is 0.307 e. The van der Waals surface area contributed by atoms with Crippen molar-refractivity contribution in [3.05, 3.63) is 11.3 Å². The predicted octanol–water partition coefficient (Wildman–Crippen LogP) is -0.616. The van der Waals surface area contributed by atoms with Gasteiger partial charge in [0.05, 0.1) is 31.8 Å². The van der Waals surface area contributed by atoms with Gasteiger partial charge in [0, 0.05) is 40.3 Å². The van der Waals surface area contributed by atoms with Gasteiger partial charge in [-0.05, 0) is 6.42 Å². The summed E-state index contributed by atoms with van der Waals surface area (Å²) in [6.07, 6.45) is 0.515. The Hall–Kier alpha value is -2.42. The summed E-state index contributed by atoms with van der Waals surface area (Å²) in [7, 11) is 8.90. The highest BCUT2D eigenvalue weighted by molar-refractivity contribution is 5.86. The van der Waals surface area contributed by atoms with E-state index in [1.54, 1.807) is 4.90 Å². The number of hydrogen-bond donors (Lipinski definition) is 1. The fourth-order valence-corrected chi connectivity index (χ4v) is 2.74. The number of aromatic nitrogens is 2. The fraction of sp³-hybridized carbons (Fsp3) is 0.625. The van der Waals surface area contributed by atoms with E-state index in [1.165, 1.54) is 7.11 Å². The zero-order chi connectivity index (χ0) is 18.7. The van der Waals surface area contributed by atoms with Crippen molar-refractivity contribution in [2.75, 3.05) is 51.6 Å². The minimum atomic E-state index is -0.905. The Balaban J connectivity index is 2.25. The van der Waals surface area contributed by atoms with E-state index in [2.05, 4.69) is 14.7 Å². The second-order valence-corrected chi connectivity index (χ2v) is 6.46. The molecule has 1 aromatic rings. The van der Waals surface area contributed by atoms with Gasteiger partial charge in [-0.3, -0.25) is 9.59 Å². The predicted molar refractivity (Wildman–Crippen MR) is 94.4 cm³/mol. The molecule has 1 atom stereocenters. The molecule has 0 aliphatic carbocycles. The van der Waals surface area contributed by atoms with Gasteiger partial charge < -0.3 is 25.2 Å². The maximum absolute atomic E-state index is 12.5. The van der Waals surface area contributed by atoms with Crippen LogP contribution in [0.2, 0.25) is 0 Å². The fourth-order valence-electron chi connectivity index (χ4n) is 2.74. The lowest BCUT2D eigenvalue weighted by atomic mass is 10.0. The summed E-state index contributed by atoms with van der Waals surface area (Å²) in [6, 6.07) is -0.905. The van der Waals surface area contributed by atoms with Crippen LogP contribution in [0, 0.1) is 0 Å². The largest absolute Gasteiger partial charge is 0.469 e. The maximum atomic E-state index is 12.5. The summed E-state index contributed by atoms with van der Waals surface area (Å²) >= 11 is 0. The molecule has 2 rings (SSSR count). The van der Waals surface area contributed by atoms with Gasteiger partial charge in [-0.1, -0.05) is 0 Å². The van der Waals surface area contributed by atoms with Crippen LogP contribution in [0.3, 0.4) is 0 Å². The lowest BCUT2D eigenvalue weighted by molar-refractivity contribution is -0.144. The number of anilines is 2. The van der Waals surface area contributed by atoms with Crippen molar-refractivity contribution in [3.8, 4) is 0 Å². The highest BCUT2D eigenvalue weighted by Gasteiger charge is 2.29. The quantitative estimate of drug-likeness (QED) is 0.701. The molecule has 138 valence electrons. The topological polar surface area (TPSA) is 105 Å². The minimum Gasteiger partial charge on any atom is -0.469 e. The van der Waals surface area contributed by atoms with Crippen LogP contribution < -0.4 is 15.5 Å². The molecule has 0 fully saturated rings. The summed E-state index contributed by atoms with van der Waals surface area (Å²) in [4.78, 5) is 38.5. The number of rotatable bonds is 5. The molecule has 1 aliphatic heterocycles. The minimum absolute atomic E-state index is 0.131. The number of methoxy groups -OCH3 is 1. The number of nitrogens with zero attached hydrogens (tertiary/aromatic N) is 5. The number of amides is 1. The van der Waals surface area contributed by atoms with Crippen LogP contribution in [0.4, 0.5) is 11.8 Å². The summed E-state index contributed by atoms with van der Waals surface area (Å²) in [5.41, 5.74) is 7.71. The van der Waals surface area contributed by atoms with E-state index >= 15 is 0 Å². The summed E-state index contributed by atoms with van der Waals surface area (Å²) in [5, 5.41) is 0. The van der Waals surface area contributed by atoms with Crippen molar-refractivity contribution in [2.24, 2.45) is 5.73 Å². The molecule has 1 aliphatic rings. The Morgan fingerprint density at radius 3 is 2.48 bits per heavy atom. The van der Waals surface area contributed by atoms with Crippen molar-refractivity contribution in [3.63, 3.8) is 0 Å². The van der Waals surface area contributed by atoms with Crippen molar-refractivity contribution in [2.45, 2.75) is 25.4 Å². The van der Waals surface area contributed by atoms with Gasteiger partial charge in [0.1, 0.15) is 5.82 Å². The molecule has 1 amide bonds. The third-order valence-corrected chi connectivity index (χ3v) is 4.10. The normalized spacial score (nSPS) is 14.6. The van der Waals surface area contributed by atoms with Crippen LogP contribution in [0.25, 0.3) is 0 Å². The van der Waals surface area contributed by atoms with Crippen LogP contribution in [0.1, 0.15) is 17.7 Å². The number of ether oxygens (including phenoxy) is 1. The number of fused-ring (bicyclic) bond motifs is 1. The van der Waals surface area contributed by atoms with E-state index in [0.717, 1.165) is 17.1 Å². The highest BCUT2D eigenvalue weighted by atomic mass is 16.5. The van der Waals surface area contributed by atoms with Crippen molar-refractivity contribution in [1.29, 1.82) is 0 Å². The molecule has 0 spiro atoms. The van der Waals surface area contributed by atoms with E-state index < -0.39 is 12.0 Å². The molecule has 9 heteroatoms. The first-order valence-electron chi connectivity index (χ1n) is 8.10. The molecule has 0 saturated heterocycles. The molecule has 0 saturated carbocycles. The van der Waals surface area contributed by atoms with Crippen LogP contribution in [0.5, 0.6) is 0 Å². The monoisotopic (exact) mass is 350 g/mol. The van der Waals surface area contributed by atoms with E-state index in [-0.39, 0.29) is 12.3 Å². The Morgan fingerprint density at radius 2 is 1.92 bits per heavy atom. The van der Waals surface area contributed by atoms with Crippen molar-refractivity contribution >= 4 is 23.6 Å². The molecule has 0 unspecified atom stereocenters. The molecule has 25 heavy (non-hydrogen) atoms. The van der Waals surface area contributed by atoms with Gasteiger partial charge >= 0.3 is 5.97 Å². The second kappa shape index (κ2) is 7.64. The van der Waals surface area contributed by atoms with Gasteiger partial charge in [0.15, 0.2) is 0 Å². The van der Waals surface area contributed by atoms with Crippen LogP contribution >= 0.6 is 0 Å². The molecule has 2 heterocycles. The summed E-state index contributed by atoms with van der Waals surface area (Å²) in [5.74, 6) is 0.688. The third kappa shape index (κ3) is 4.16. The average Bonchev–Trinajstić information content (AvgIpc) is 2.58. The zero-order valence-corrected chi connectivity index (χ0v) is 15.4. The van der Waals surface area contributed by atoms with E-state index in [1.807, 2.05) is 38.0 Å². The van der Waals surface area contributed by atoms with Crippen LogP contribution in [-0.2, 0) is 27.3 Å². The number of carbonyl (C=O) groups is 2. The standard InChI is InChI=1S/C16H26N6O3/c1-20(2)14-10-6-7-22(15(24)11(17)8-13(23)25-5)9-12(10)18-16(19-14)21(3)4/h11H,6-9,17H2,1-5H3/t11-/m0/s1. The molecule has 9 nitrogen and oxygen atoms in total.